The molecule has 0 bridgehead atoms. The van der Waals surface area contributed by atoms with E-state index in [1.165, 1.54) is 0 Å². The lowest BCUT2D eigenvalue weighted by Gasteiger charge is -2.41. The number of aliphatic carboxylic acids is 1. The number of hydrogen-bond acceptors (Lipinski definition) is 6. The summed E-state index contributed by atoms with van der Waals surface area (Å²) in [4.78, 5) is 26.9. The molecule has 5 rings (SSSR count). The zero-order valence-corrected chi connectivity index (χ0v) is 26.2. The summed E-state index contributed by atoms with van der Waals surface area (Å²) in [5.74, 6) is -1.12. The number of nitrogens with one attached hydrogen (secondary N) is 1. The number of rotatable bonds is 12. The normalized spacial score (nSPS) is 19.7. The Balaban J connectivity index is 1.31. The summed E-state index contributed by atoms with van der Waals surface area (Å²) in [5.41, 5.74) is 5.58. The highest BCUT2D eigenvalue weighted by molar-refractivity contribution is 6.40. The summed E-state index contributed by atoms with van der Waals surface area (Å²) in [5, 5.41) is 21.7. The predicted molar refractivity (Wildman–Crippen MR) is 170 cm³/mol. The molecule has 1 aromatic heterocycles. The molecule has 0 saturated carbocycles. The van der Waals surface area contributed by atoms with Crippen molar-refractivity contribution in [1.82, 2.24) is 14.9 Å². The van der Waals surface area contributed by atoms with Crippen molar-refractivity contribution in [3.05, 3.63) is 112 Å². The molecule has 11 heteroatoms. The number of nitrogens with zero attached hydrogens (tertiary/aromatic N) is 2. The van der Waals surface area contributed by atoms with Crippen LogP contribution in [0.25, 0.3) is 11.1 Å². The van der Waals surface area contributed by atoms with Gasteiger partial charge in [-0.3, -0.25) is 9.59 Å². The first-order valence-corrected chi connectivity index (χ1v) is 15.5. The first-order valence-electron chi connectivity index (χ1n) is 14.8. The van der Waals surface area contributed by atoms with Gasteiger partial charge in [0.15, 0.2) is 11.4 Å². The van der Waals surface area contributed by atoms with Crippen molar-refractivity contribution in [2.24, 2.45) is 5.92 Å². The van der Waals surface area contributed by atoms with Crippen molar-refractivity contribution in [3.63, 3.8) is 0 Å². The fourth-order valence-corrected chi connectivity index (χ4v) is 5.69. The molecule has 1 amide bonds. The van der Waals surface area contributed by atoms with Gasteiger partial charge in [0.25, 0.3) is 0 Å². The molecule has 236 valence electrons. The van der Waals surface area contributed by atoms with Gasteiger partial charge in [-0.2, -0.15) is 0 Å². The second-order valence-corrected chi connectivity index (χ2v) is 11.9. The first-order chi connectivity index (χ1) is 21.7. The van der Waals surface area contributed by atoms with E-state index in [0.717, 1.165) is 33.4 Å². The highest BCUT2D eigenvalue weighted by Gasteiger charge is 2.38. The van der Waals surface area contributed by atoms with Gasteiger partial charge in [-0.25, -0.2) is 4.98 Å². The van der Waals surface area contributed by atoms with Crippen LogP contribution in [0.1, 0.15) is 60.8 Å². The van der Waals surface area contributed by atoms with Crippen molar-refractivity contribution < 1.29 is 29.3 Å². The van der Waals surface area contributed by atoms with Crippen LogP contribution in [-0.2, 0) is 38.8 Å². The van der Waals surface area contributed by atoms with Gasteiger partial charge >= 0.3 is 5.97 Å². The van der Waals surface area contributed by atoms with Gasteiger partial charge in [0.1, 0.15) is 5.15 Å². The average Bonchev–Trinajstić information content (AvgIpc) is 3.37. The third-order valence-electron chi connectivity index (χ3n) is 7.96. The lowest BCUT2D eigenvalue weighted by atomic mass is 9.90. The highest BCUT2D eigenvalue weighted by atomic mass is 35.5. The zero-order valence-electron chi connectivity index (χ0n) is 24.7. The van der Waals surface area contributed by atoms with Crippen molar-refractivity contribution in [1.29, 1.82) is 0 Å². The van der Waals surface area contributed by atoms with Crippen molar-refractivity contribution >= 4 is 35.1 Å². The van der Waals surface area contributed by atoms with Crippen LogP contribution in [0.4, 0.5) is 0 Å². The molecule has 1 fully saturated rings. The van der Waals surface area contributed by atoms with E-state index in [9.17, 15) is 14.7 Å². The molecular formula is C34H35Cl2N3O6. The third kappa shape index (κ3) is 8.31. The minimum absolute atomic E-state index is 0.0261. The van der Waals surface area contributed by atoms with Gasteiger partial charge < -0.3 is 29.6 Å². The van der Waals surface area contributed by atoms with Gasteiger partial charge in [-0.05, 0) is 40.3 Å². The summed E-state index contributed by atoms with van der Waals surface area (Å²) in [7, 11) is 0. The summed E-state index contributed by atoms with van der Waals surface area (Å²) < 4.78 is 14.9. The van der Waals surface area contributed by atoms with Crippen LogP contribution in [0.15, 0.2) is 79.1 Å². The third-order valence-corrected chi connectivity index (χ3v) is 8.73. The van der Waals surface area contributed by atoms with E-state index in [0.29, 0.717) is 24.7 Å². The van der Waals surface area contributed by atoms with Crippen LogP contribution in [0, 0.1) is 5.92 Å². The van der Waals surface area contributed by atoms with Gasteiger partial charge in [0, 0.05) is 30.9 Å². The molecule has 0 aliphatic carbocycles. The topological polar surface area (TPSA) is 123 Å². The van der Waals surface area contributed by atoms with Crippen LogP contribution in [0.5, 0.6) is 0 Å². The van der Waals surface area contributed by atoms with Crippen molar-refractivity contribution in [2.75, 3.05) is 0 Å². The van der Waals surface area contributed by atoms with Crippen LogP contribution in [0.2, 0.25) is 10.3 Å². The molecule has 9 nitrogen and oxygen atoms in total. The van der Waals surface area contributed by atoms with Crippen LogP contribution in [0.3, 0.4) is 0 Å². The molecule has 45 heavy (non-hydrogen) atoms. The van der Waals surface area contributed by atoms with Gasteiger partial charge in [-0.1, -0.05) is 96.9 Å². The number of aromatic nitrogens is 2. The highest BCUT2D eigenvalue weighted by Crippen LogP contribution is 2.42. The van der Waals surface area contributed by atoms with E-state index >= 15 is 0 Å². The van der Waals surface area contributed by atoms with Crippen LogP contribution >= 0.6 is 23.2 Å². The lowest BCUT2D eigenvalue weighted by Crippen LogP contribution is -2.39. The largest absolute Gasteiger partial charge is 0.481 e. The quantitative estimate of drug-likeness (QED) is 0.156. The average molecular weight is 653 g/mol. The van der Waals surface area contributed by atoms with E-state index in [1.54, 1.807) is 10.9 Å². The molecule has 0 spiro atoms. The monoisotopic (exact) mass is 651 g/mol. The smallest absolute Gasteiger partial charge is 0.303 e. The number of carboxylic acid groups (broad SMARTS) is 1. The van der Waals surface area contributed by atoms with E-state index in [-0.39, 0.29) is 48.6 Å². The van der Waals surface area contributed by atoms with Crippen molar-refractivity contribution in [2.45, 2.75) is 64.4 Å². The molecule has 3 N–H and O–H groups in total. The Morgan fingerprint density at radius 1 is 0.933 bits per heavy atom. The maximum atomic E-state index is 12.1. The standard InChI is InChI=1S/C34H35Cl2N3O6/c1-21-28(18-39-20-38-32(35)33(39)36)44-34(45-31(21)25-10-8-22(19-40)9-11-25)26-14-12-24(13-15-26)27-5-2-4-23(16-27)17-37-29(41)6-3-7-30(42)43/h2,4-5,8-16,20-21,28,31,34,40H,3,6-7,17-19H2,1H3,(H,37,41)(H,42,43)/t21-,28+,31+,34+/m1/s1. The second kappa shape index (κ2) is 15.0. The van der Waals surface area contributed by atoms with E-state index in [4.69, 9.17) is 37.8 Å². The molecule has 3 aromatic carbocycles. The Morgan fingerprint density at radius 2 is 1.67 bits per heavy atom. The SMILES string of the molecule is C[C@@H]1[C@H](Cn2cnc(Cl)c2Cl)O[C@H](c2ccc(-c3cccc(CNC(=O)CCCC(=O)O)c3)cc2)O[C@@H]1c1ccc(CO)cc1. The van der Waals surface area contributed by atoms with E-state index in [2.05, 4.69) is 17.2 Å². The lowest BCUT2D eigenvalue weighted by molar-refractivity contribution is -0.276. The molecule has 0 unspecified atom stereocenters. The predicted octanol–water partition coefficient (Wildman–Crippen LogP) is 6.71. The molecular weight excluding hydrogens is 617 g/mol. The minimum atomic E-state index is -0.907. The fourth-order valence-electron chi connectivity index (χ4n) is 5.37. The molecule has 1 aliphatic heterocycles. The number of imidazole rings is 1. The number of carbonyl (C=O) groups excluding carboxylic acids is 1. The number of benzene rings is 3. The van der Waals surface area contributed by atoms with Gasteiger partial charge in [0.2, 0.25) is 5.91 Å². The molecule has 1 aliphatic rings. The molecule has 2 heterocycles. The molecule has 4 atom stereocenters. The number of amides is 1. The number of carboxylic acids is 1. The fraction of sp³-hybridized carbons (Fsp3) is 0.324. The maximum absolute atomic E-state index is 12.1. The number of ether oxygens (including phenoxy) is 2. The number of halogens is 2. The Hall–Kier alpha value is -3.73. The molecule has 1 saturated heterocycles. The molecule has 4 aromatic rings. The Labute approximate surface area is 271 Å². The maximum Gasteiger partial charge on any atom is 0.303 e. The Kier molecular flexibility index (Phi) is 10.9. The van der Waals surface area contributed by atoms with E-state index < -0.39 is 12.3 Å². The van der Waals surface area contributed by atoms with Gasteiger partial charge in [0.05, 0.1) is 31.7 Å². The Bertz CT molecular complexity index is 1610. The summed E-state index contributed by atoms with van der Waals surface area (Å²) in [6.45, 7) is 2.83. The van der Waals surface area contributed by atoms with Crippen molar-refractivity contribution in [3.8, 4) is 11.1 Å². The minimum Gasteiger partial charge on any atom is -0.481 e. The second-order valence-electron chi connectivity index (χ2n) is 11.1. The number of aliphatic hydroxyl groups excluding tert-OH is 1. The number of hydrogen-bond donors (Lipinski definition) is 3. The summed E-state index contributed by atoms with van der Waals surface area (Å²) in [6.07, 6.45) is 0.856. The zero-order chi connectivity index (χ0) is 31.9. The number of aliphatic hydroxyl groups is 1. The van der Waals surface area contributed by atoms with Crippen LogP contribution in [-0.4, -0.2) is 37.7 Å². The summed E-state index contributed by atoms with van der Waals surface area (Å²) in [6, 6.07) is 23.6. The van der Waals surface area contributed by atoms with E-state index in [1.807, 2.05) is 72.8 Å². The first kappa shape index (κ1) is 32.7. The van der Waals surface area contributed by atoms with Gasteiger partial charge in [-0.15, -0.1) is 0 Å². The van der Waals surface area contributed by atoms with Crippen LogP contribution < -0.4 is 5.32 Å². The number of carbonyl (C=O) groups is 2. The molecule has 0 radical (unpaired) electrons. The Morgan fingerprint density at radius 3 is 2.33 bits per heavy atom. The summed E-state index contributed by atoms with van der Waals surface area (Å²) >= 11 is 12.5.